The number of rotatable bonds is 3. The first kappa shape index (κ1) is 9.92. The lowest BCUT2D eigenvalue weighted by atomic mass is 10.1. The van der Waals surface area contributed by atoms with Gasteiger partial charge in [-0.05, 0) is 18.0 Å². The fraction of sp³-hybridized carbons (Fsp3) is 0.625. The molecule has 1 saturated heterocycles. The van der Waals surface area contributed by atoms with Crippen molar-refractivity contribution in [2.24, 2.45) is 5.92 Å². The van der Waals surface area contributed by atoms with Crippen LogP contribution in [0.25, 0.3) is 0 Å². The van der Waals surface area contributed by atoms with E-state index < -0.39 is 9.84 Å². The van der Waals surface area contributed by atoms with E-state index in [1.807, 2.05) is 5.38 Å². The van der Waals surface area contributed by atoms with Crippen LogP contribution in [-0.2, 0) is 9.84 Å². The lowest BCUT2D eigenvalue weighted by Crippen LogP contribution is -2.13. The highest BCUT2D eigenvalue weighted by molar-refractivity contribution is 7.91. The van der Waals surface area contributed by atoms with Crippen LogP contribution in [0, 0.1) is 5.92 Å². The molecule has 1 aromatic heterocycles. The first-order valence-corrected chi connectivity index (χ1v) is 7.04. The predicted molar refractivity (Wildman–Crippen MR) is 54.4 cm³/mol. The van der Waals surface area contributed by atoms with E-state index in [1.54, 1.807) is 6.20 Å². The van der Waals surface area contributed by atoms with Gasteiger partial charge in [-0.25, -0.2) is 8.42 Å². The Kier molecular flexibility index (Phi) is 2.73. The molecule has 0 amide bonds. The standard InChI is InChI=1S/C8H11NO3S2/c10-14(11)2-1-7(6-14)4-12-8-3-9-13-5-8/h3,5,7H,1-2,4,6H2. The highest BCUT2D eigenvalue weighted by Crippen LogP contribution is 2.20. The van der Waals surface area contributed by atoms with Gasteiger partial charge < -0.3 is 4.74 Å². The van der Waals surface area contributed by atoms with Crippen LogP contribution in [-0.4, -0.2) is 30.9 Å². The van der Waals surface area contributed by atoms with Gasteiger partial charge in [0.05, 0.1) is 29.7 Å². The molecule has 4 nitrogen and oxygen atoms in total. The van der Waals surface area contributed by atoms with Gasteiger partial charge in [0, 0.05) is 5.92 Å². The fourth-order valence-electron chi connectivity index (χ4n) is 1.48. The van der Waals surface area contributed by atoms with E-state index >= 15 is 0 Å². The minimum atomic E-state index is -2.78. The summed E-state index contributed by atoms with van der Waals surface area (Å²) in [6.07, 6.45) is 2.37. The second kappa shape index (κ2) is 3.86. The van der Waals surface area contributed by atoms with Gasteiger partial charge in [-0.2, -0.15) is 4.37 Å². The lowest BCUT2D eigenvalue weighted by molar-refractivity contribution is 0.264. The molecule has 0 spiro atoms. The van der Waals surface area contributed by atoms with Crippen LogP contribution in [0.4, 0.5) is 0 Å². The topological polar surface area (TPSA) is 56.3 Å². The second-order valence-electron chi connectivity index (χ2n) is 3.44. The fourth-order valence-corrected chi connectivity index (χ4v) is 3.78. The van der Waals surface area contributed by atoms with E-state index in [0.717, 1.165) is 12.2 Å². The lowest BCUT2D eigenvalue weighted by Gasteiger charge is -2.07. The third-order valence-corrected chi connectivity index (χ3v) is 4.62. The number of aromatic nitrogens is 1. The van der Waals surface area contributed by atoms with E-state index in [4.69, 9.17) is 4.74 Å². The van der Waals surface area contributed by atoms with Crippen molar-refractivity contribution in [3.05, 3.63) is 11.6 Å². The third kappa shape index (κ3) is 2.45. The molecule has 1 fully saturated rings. The van der Waals surface area contributed by atoms with E-state index in [9.17, 15) is 8.42 Å². The molecule has 6 heteroatoms. The van der Waals surface area contributed by atoms with Gasteiger partial charge in [0.2, 0.25) is 0 Å². The van der Waals surface area contributed by atoms with E-state index in [0.29, 0.717) is 12.4 Å². The summed E-state index contributed by atoms with van der Waals surface area (Å²) >= 11 is 1.33. The summed E-state index contributed by atoms with van der Waals surface area (Å²) in [5.41, 5.74) is 0. The molecule has 0 aromatic carbocycles. The molecule has 0 bridgehead atoms. The van der Waals surface area contributed by atoms with E-state index in [-0.39, 0.29) is 11.7 Å². The summed E-state index contributed by atoms with van der Waals surface area (Å²) in [7, 11) is -2.78. The van der Waals surface area contributed by atoms with Crippen molar-refractivity contribution in [2.45, 2.75) is 6.42 Å². The Morgan fingerprint density at radius 1 is 1.64 bits per heavy atom. The number of ether oxygens (including phenoxy) is 1. The monoisotopic (exact) mass is 233 g/mol. The average Bonchev–Trinajstić information content (AvgIpc) is 2.70. The Labute approximate surface area is 87.0 Å². The van der Waals surface area contributed by atoms with Crippen molar-refractivity contribution < 1.29 is 13.2 Å². The predicted octanol–water partition coefficient (Wildman–Crippen LogP) is 0.957. The maximum Gasteiger partial charge on any atom is 0.150 e. The number of hydrogen-bond donors (Lipinski definition) is 0. The zero-order valence-electron chi connectivity index (χ0n) is 7.55. The smallest absolute Gasteiger partial charge is 0.150 e. The molecule has 14 heavy (non-hydrogen) atoms. The van der Waals surface area contributed by atoms with Gasteiger partial charge >= 0.3 is 0 Å². The first-order chi connectivity index (χ1) is 6.66. The van der Waals surface area contributed by atoms with Crippen molar-refractivity contribution in [2.75, 3.05) is 18.1 Å². The summed E-state index contributed by atoms with van der Waals surface area (Å²) in [5, 5.41) is 1.81. The van der Waals surface area contributed by atoms with E-state index in [1.165, 1.54) is 11.5 Å². The van der Waals surface area contributed by atoms with Gasteiger partial charge in [-0.15, -0.1) is 0 Å². The summed E-state index contributed by atoms with van der Waals surface area (Å²) in [6.45, 7) is 0.484. The van der Waals surface area contributed by atoms with Crippen LogP contribution >= 0.6 is 11.5 Å². The second-order valence-corrected chi connectivity index (χ2v) is 6.33. The normalized spacial score (nSPS) is 25.0. The highest BCUT2D eigenvalue weighted by atomic mass is 32.2. The Hall–Kier alpha value is -0.620. The van der Waals surface area contributed by atoms with Gasteiger partial charge in [0.1, 0.15) is 5.75 Å². The molecule has 2 rings (SSSR count). The SMILES string of the molecule is O=S1(=O)CCC(COc2cnsc2)C1. The summed E-state index contributed by atoms with van der Waals surface area (Å²) in [6, 6.07) is 0. The average molecular weight is 233 g/mol. The zero-order chi connectivity index (χ0) is 10.0. The third-order valence-electron chi connectivity index (χ3n) is 2.22. The van der Waals surface area contributed by atoms with Gasteiger partial charge in [-0.3, -0.25) is 0 Å². The summed E-state index contributed by atoms with van der Waals surface area (Å²) in [5.74, 6) is 1.47. The van der Waals surface area contributed by atoms with Gasteiger partial charge in [0.15, 0.2) is 9.84 Å². The quantitative estimate of drug-likeness (QED) is 0.780. The van der Waals surface area contributed by atoms with Crippen molar-refractivity contribution in [1.82, 2.24) is 4.37 Å². The molecule has 0 N–H and O–H groups in total. The molecule has 1 aromatic rings. The maximum absolute atomic E-state index is 11.1. The first-order valence-electron chi connectivity index (χ1n) is 4.38. The molecular weight excluding hydrogens is 222 g/mol. The van der Waals surface area contributed by atoms with Crippen LogP contribution in [0.1, 0.15) is 6.42 Å². The van der Waals surface area contributed by atoms with Gasteiger partial charge in [0.25, 0.3) is 0 Å². The Balaban J connectivity index is 1.83. The molecule has 1 aliphatic heterocycles. The van der Waals surface area contributed by atoms with Crippen LogP contribution in [0.3, 0.4) is 0 Å². The number of hydrogen-bond acceptors (Lipinski definition) is 5. The van der Waals surface area contributed by atoms with E-state index in [2.05, 4.69) is 4.37 Å². The van der Waals surface area contributed by atoms with Crippen molar-refractivity contribution in [1.29, 1.82) is 0 Å². The Morgan fingerprint density at radius 2 is 2.50 bits per heavy atom. The summed E-state index contributed by atoms with van der Waals surface area (Å²) < 4.78 is 31.6. The number of nitrogens with zero attached hydrogens (tertiary/aromatic N) is 1. The summed E-state index contributed by atoms with van der Waals surface area (Å²) in [4.78, 5) is 0. The molecule has 78 valence electrons. The van der Waals surface area contributed by atoms with Crippen molar-refractivity contribution in [3.63, 3.8) is 0 Å². The Bertz CT molecular complexity index is 385. The van der Waals surface area contributed by atoms with Crippen molar-refractivity contribution in [3.8, 4) is 5.75 Å². The van der Waals surface area contributed by atoms with Gasteiger partial charge in [-0.1, -0.05) is 0 Å². The largest absolute Gasteiger partial charge is 0.491 e. The molecule has 1 unspecified atom stereocenters. The molecule has 1 aliphatic rings. The zero-order valence-corrected chi connectivity index (χ0v) is 9.18. The molecule has 1 atom stereocenters. The van der Waals surface area contributed by atoms with Crippen LogP contribution in [0.2, 0.25) is 0 Å². The van der Waals surface area contributed by atoms with Crippen molar-refractivity contribution >= 4 is 21.4 Å². The van der Waals surface area contributed by atoms with Crippen LogP contribution < -0.4 is 4.74 Å². The maximum atomic E-state index is 11.1. The molecule has 2 heterocycles. The molecule has 0 radical (unpaired) electrons. The Morgan fingerprint density at radius 3 is 3.07 bits per heavy atom. The molecular formula is C8H11NO3S2. The molecule has 0 saturated carbocycles. The minimum Gasteiger partial charge on any atom is -0.491 e. The van der Waals surface area contributed by atoms with Crippen LogP contribution in [0.5, 0.6) is 5.75 Å². The molecule has 0 aliphatic carbocycles. The van der Waals surface area contributed by atoms with Crippen LogP contribution in [0.15, 0.2) is 11.6 Å². The number of sulfone groups is 1. The minimum absolute atomic E-state index is 0.153. The highest BCUT2D eigenvalue weighted by Gasteiger charge is 2.28.